The van der Waals surface area contributed by atoms with Gasteiger partial charge in [-0.2, -0.15) is 0 Å². The van der Waals surface area contributed by atoms with Gasteiger partial charge in [0.2, 0.25) is 5.91 Å². The average molecular weight is 269 g/mol. The van der Waals surface area contributed by atoms with Gasteiger partial charge in [0.05, 0.1) is 6.42 Å². The zero-order valence-electron chi connectivity index (χ0n) is 11.9. The van der Waals surface area contributed by atoms with Crippen molar-refractivity contribution in [3.8, 4) is 0 Å². The van der Waals surface area contributed by atoms with E-state index >= 15 is 0 Å². The highest BCUT2D eigenvalue weighted by atomic mass is 16.1. The number of rotatable bonds is 5. The molecule has 2 aromatic rings. The number of aromatic nitrogens is 2. The smallest absolute Gasteiger partial charge is 0.228 e. The quantitative estimate of drug-likeness (QED) is 0.908. The summed E-state index contributed by atoms with van der Waals surface area (Å²) in [4.78, 5) is 19.9. The molecule has 2 rings (SSSR count). The summed E-state index contributed by atoms with van der Waals surface area (Å²) < 4.78 is 0. The molecule has 0 aliphatic rings. The molecule has 4 nitrogen and oxygen atoms in total. The number of carbonyl (C=O) groups excluding carboxylic acids is 1. The van der Waals surface area contributed by atoms with Crippen LogP contribution in [0.3, 0.4) is 0 Å². The standard InChI is InChI=1S/C16H19N3O/c1-3-13-6-5-7-15(14(13)4-2)19-16(20)8-12-9-17-11-18-10-12/h5-7,9-11H,3-4,8H2,1-2H3,(H,19,20). The van der Waals surface area contributed by atoms with E-state index in [-0.39, 0.29) is 5.91 Å². The van der Waals surface area contributed by atoms with Crippen molar-refractivity contribution in [1.82, 2.24) is 9.97 Å². The summed E-state index contributed by atoms with van der Waals surface area (Å²) in [7, 11) is 0. The number of anilines is 1. The van der Waals surface area contributed by atoms with E-state index in [9.17, 15) is 4.79 Å². The van der Waals surface area contributed by atoms with E-state index in [0.29, 0.717) is 6.42 Å². The lowest BCUT2D eigenvalue weighted by atomic mass is 10.0. The Bertz CT molecular complexity index is 582. The third-order valence-corrected chi connectivity index (χ3v) is 3.26. The summed E-state index contributed by atoms with van der Waals surface area (Å²) in [5.74, 6) is -0.0391. The molecule has 1 aromatic heterocycles. The first-order chi connectivity index (χ1) is 9.74. The van der Waals surface area contributed by atoms with Crippen LogP contribution in [0.15, 0.2) is 36.9 Å². The maximum atomic E-state index is 12.1. The van der Waals surface area contributed by atoms with E-state index in [0.717, 1.165) is 24.1 Å². The third-order valence-electron chi connectivity index (χ3n) is 3.26. The van der Waals surface area contributed by atoms with Crippen molar-refractivity contribution in [2.24, 2.45) is 0 Å². The number of benzene rings is 1. The van der Waals surface area contributed by atoms with Crippen molar-refractivity contribution in [2.75, 3.05) is 5.32 Å². The molecule has 0 bridgehead atoms. The van der Waals surface area contributed by atoms with Gasteiger partial charge in [0.1, 0.15) is 6.33 Å². The van der Waals surface area contributed by atoms with Crippen LogP contribution in [-0.2, 0) is 24.1 Å². The van der Waals surface area contributed by atoms with Crippen LogP contribution in [-0.4, -0.2) is 15.9 Å². The molecule has 0 radical (unpaired) electrons. The van der Waals surface area contributed by atoms with E-state index < -0.39 is 0 Å². The molecular formula is C16H19N3O. The second kappa shape index (κ2) is 6.80. The first-order valence-electron chi connectivity index (χ1n) is 6.89. The lowest BCUT2D eigenvalue weighted by Gasteiger charge is -2.13. The van der Waals surface area contributed by atoms with Crippen molar-refractivity contribution in [1.29, 1.82) is 0 Å². The molecule has 4 heteroatoms. The van der Waals surface area contributed by atoms with Gasteiger partial charge in [-0.1, -0.05) is 26.0 Å². The molecule has 0 saturated carbocycles. The Balaban J connectivity index is 2.12. The number of hydrogen-bond donors (Lipinski definition) is 1. The minimum Gasteiger partial charge on any atom is -0.326 e. The number of amides is 1. The van der Waals surface area contributed by atoms with Crippen LogP contribution >= 0.6 is 0 Å². The molecule has 20 heavy (non-hydrogen) atoms. The molecule has 0 atom stereocenters. The number of nitrogens with one attached hydrogen (secondary N) is 1. The Morgan fingerprint density at radius 1 is 1.15 bits per heavy atom. The maximum absolute atomic E-state index is 12.1. The Morgan fingerprint density at radius 2 is 1.90 bits per heavy atom. The molecule has 0 saturated heterocycles. The van der Waals surface area contributed by atoms with Gasteiger partial charge in [-0.05, 0) is 35.6 Å². The van der Waals surface area contributed by atoms with Crippen molar-refractivity contribution < 1.29 is 4.79 Å². The largest absolute Gasteiger partial charge is 0.326 e. The molecule has 0 fully saturated rings. The van der Waals surface area contributed by atoms with E-state index in [2.05, 4.69) is 35.2 Å². The predicted octanol–water partition coefficient (Wildman–Crippen LogP) is 2.78. The molecule has 1 heterocycles. The van der Waals surface area contributed by atoms with Crippen LogP contribution in [0.4, 0.5) is 5.69 Å². The van der Waals surface area contributed by atoms with E-state index in [4.69, 9.17) is 0 Å². The van der Waals surface area contributed by atoms with Gasteiger partial charge in [0.25, 0.3) is 0 Å². The molecule has 0 aliphatic carbocycles. The van der Waals surface area contributed by atoms with Crippen molar-refractivity contribution in [2.45, 2.75) is 33.1 Å². The third kappa shape index (κ3) is 3.41. The lowest BCUT2D eigenvalue weighted by Crippen LogP contribution is -2.16. The molecule has 0 unspecified atom stereocenters. The maximum Gasteiger partial charge on any atom is 0.228 e. The van der Waals surface area contributed by atoms with E-state index in [1.165, 1.54) is 17.5 Å². The van der Waals surface area contributed by atoms with Crippen molar-refractivity contribution in [3.63, 3.8) is 0 Å². The number of aryl methyl sites for hydroxylation is 1. The number of nitrogens with zero attached hydrogens (tertiary/aromatic N) is 2. The van der Waals surface area contributed by atoms with Crippen LogP contribution < -0.4 is 5.32 Å². The first kappa shape index (κ1) is 14.2. The Morgan fingerprint density at radius 3 is 2.55 bits per heavy atom. The predicted molar refractivity (Wildman–Crippen MR) is 79.6 cm³/mol. The van der Waals surface area contributed by atoms with Gasteiger partial charge >= 0.3 is 0 Å². The Labute approximate surface area is 119 Å². The molecule has 1 N–H and O–H groups in total. The normalized spacial score (nSPS) is 10.3. The van der Waals surface area contributed by atoms with Crippen molar-refractivity contribution in [3.05, 3.63) is 53.6 Å². The van der Waals surface area contributed by atoms with Gasteiger partial charge < -0.3 is 5.32 Å². The zero-order valence-corrected chi connectivity index (χ0v) is 11.9. The first-order valence-corrected chi connectivity index (χ1v) is 6.89. The van der Waals surface area contributed by atoms with Crippen LogP contribution in [0.1, 0.15) is 30.5 Å². The lowest BCUT2D eigenvalue weighted by molar-refractivity contribution is -0.115. The molecule has 1 amide bonds. The van der Waals surface area contributed by atoms with Gasteiger partial charge in [0.15, 0.2) is 0 Å². The van der Waals surface area contributed by atoms with Gasteiger partial charge in [-0.3, -0.25) is 4.79 Å². The van der Waals surface area contributed by atoms with Crippen LogP contribution in [0.25, 0.3) is 0 Å². The highest BCUT2D eigenvalue weighted by Crippen LogP contribution is 2.21. The Kier molecular flexibility index (Phi) is 4.82. The zero-order chi connectivity index (χ0) is 14.4. The highest BCUT2D eigenvalue weighted by molar-refractivity contribution is 5.93. The second-order valence-electron chi connectivity index (χ2n) is 4.62. The number of carbonyl (C=O) groups is 1. The monoisotopic (exact) mass is 269 g/mol. The topological polar surface area (TPSA) is 54.9 Å². The summed E-state index contributed by atoms with van der Waals surface area (Å²) in [6.45, 7) is 4.23. The van der Waals surface area contributed by atoms with Crippen LogP contribution in [0.2, 0.25) is 0 Å². The minimum absolute atomic E-state index is 0.0391. The molecule has 0 aliphatic heterocycles. The summed E-state index contributed by atoms with van der Waals surface area (Å²) in [5, 5.41) is 2.99. The fraction of sp³-hybridized carbons (Fsp3) is 0.312. The van der Waals surface area contributed by atoms with Gasteiger partial charge in [-0.25, -0.2) is 9.97 Å². The summed E-state index contributed by atoms with van der Waals surface area (Å²) in [6.07, 6.45) is 6.96. The van der Waals surface area contributed by atoms with Crippen LogP contribution in [0, 0.1) is 0 Å². The van der Waals surface area contributed by atoms with Gasteiger partial charge in [-0.15, -0.1) is 0 Å². The number of hydrogen-bond acceptors (Lipinski definition) is 3. The van der Waals surface area contributed by atoms with Crippen LogP contribution in [0.5, 0.6) is 0 Å². The summed E-state index contributed by atoms with van der Waals surface area (Å²) in [5.41, 5.74) is 4.23. The highest BCUT2D eigenvalue weighted by Gasteiger charge is 2.09. The molecule has 0 spiro atoms. The molecule has 1 aromatic carbocycles. The van der Waals surface area contributed by atoms with Gasteiger partial charge in [0, 0.05) is 18.1 Å². The molecular weight excluding hydrogens is 250 g/mol. The summed E-state index contributed by atoms with van der Waals surface area (Å²) in [6, 6.07) is 6.05. The molecule has 104 valence electrons. The van der Waals surface area contributed by atoms with E-state index in [1.54, 1.807) is 12.4 Å². The Hall–Kier alpha value is -2.23. The summed E-state index contributed by atoms with van der Waals surface area (Å²) >= 11 is 0. The van der Waals surface area contributed by atoms with Crippen molar-refractivity contribution >= 4 is 11.6 Å². The fourth-order valence-electron chi connectivity index (χ4n) is 2.30. The average Bonchev–Trinajstić information content (AvgIpc) is 2.47. The van der Waals surface area contributed by atoms with E-state index in [1.807, 2.05) is 12.1 Å². The second-order valence-corrected chi connectivity index (χ2v) is 4.62. The SMILES string of the molecule is CCc1cccc(NC(=O)Cc2cncnc2)c1CC. The fourth-order valence-corrected chi connectivity index (χ4v) is 2.30. The minimum atomic E-state index is -0.0391.